The molecule has 9 heteroatoms. The Morgan fingerprint density at radius 2 is 1.85 bits per heavy atom. The molecule has 0 saturated heterocycles. The molecule has 0 aliphatic rings. The Bertz CT molecular complexity index is 1160. The van der Waals surface area contributed by atoms with E-state index in [0.717, 1.165) is 22.4 Å². The molecule has 0 saturated carbocycles. The number of hydrogen-bond acceptors (Lipinski definition) is 5. The molecule has 2 N–H and O–H groups in total. The number of carbonyl (C=O) groups is 2. The molecule has 33 heavy (non-hydrogen) atoms. The van der Waals surface area contributed by atoms with Crippen molar-refractivity contribution < 1.29 is 9.59 Å². The second-order valence-electron chi connectivity index (χ2n) is 7.43. The lowest BCUT2D eigenvalue weighted by atomic mass is 10.1. The van der Waals surface area contributed by atoms with Crippen molar-refractivity contribution in [2.75, 3.05) is 11.1 Å². The zero-order valence-electron chi connectivity index (χ0n) is 18.8. The molecule has 0 atom stereocenters. The number of hydrogen-bond donors (Lipinski definition) is 2. The van der Waals surface area contributed by atoms with Gasteiger partial charge in [0.05, 0.1) is 12.3 Å². The van der Waals surface area contributed by atoms with Gasteiger partial charge < -0.3 is 15.2 Å². The van der Waals surface area contributed by atoms with E-state index in [1.54, 1.807) is 12.1 Å². The summed E-state index contributed by atoms with van der Waals surface area (Å²) in [4.78, 5) is 24.6. The van der Waals surface area contributed by atoms with Crippen LogP contribution in [0.4, 0.5) is 5.69 Å². The number of thioether (sulfide) groups is 1. The van der Waals surface area contributed by atoms with Gasteiger partial charge in [-0.2, -0.15) is 0 Å². The molecule has 2 aromatic carbocycles. The highest BCUT2D eigenvalue weighted by atomic mass is 35.5. The average Bonchev–Trinajstić information content (AvgIpc) is 3.16. The normalized spacial score (nSPS) is 11.0. The molecule has 3 rings (SSSR count). The first-order valence-electron chi connectivity index (χ1n) is 10.5. The second-order valence-corrected chi connectivity index (χ2v) is 8.78. The van der Waals surface area contributed by atoms with E-state index in [-0.39, 0.29) is 24.1 Å². The minimum absolute atomic E-state index is 0.116. The van der Waals surface area contributed by atoms with Crippen molar-refractivity contribution in [3.63, 3.8) is 0 Å². The number of anilines is 1. The Kier molecular flexibility index (Phi) is 8.68. The van der Waals surface area contributed by atoms with Crippen molar-refractivity contribution in [2.24, 2.45) is 0 Å². The van der Waals surface area contributed by atoms with E-state index in [1.165, 1.54) is 17.8 Å². The summed E-state index contributed by atoms with van der Waals surface area (Å²) in [5.41, 5.74) is 3.74. The SMILES string of the molecule is CCn1c(CNC(=O)/C=C/c2ccccc2Cl)nnc1SCC(=O)Nc1cc(C)cc(C)c1. The van der Waals surface area contributed by atoms with Crippen molar-refractivity contribution in [3.8, 4) is 0 Å². The fourth-order valence-corrected chi connectivity index (χ4v) is 4.27. The maximum absolute atomic E-state index is 12.4. The summed E-state index contributed by atoms with van der Waals surface area (Å²) in [6.45, 7) is 6.80. The molecule has 7 nitrogen and oxygen atoms in total. The van der Waals surface area contributed by atoms with Gasteiger partial charge in [-0.25, -0.2) is 0 Å². The van der Waals surface area contributed by atoms with Gasteiger partial charge in [-0.1, -0.05) is 47.6 Å². The second kappa shape index (κ2) is 11.7. The molecule has 3 aromatic rings. The van der Waals surface area contributed by atoms with E-state index in [9.17, 15) is 9.59 Å². The van der Waals surface area contributed by atoms with Gasteiger partial charge in [0.1, 0.15) is 0 Å². The standard InChI is InChI=1S/C24H26ClN5O2S/c1-4-30-21(14-26-22(31)10-9-18-7-5-6-8-20(18)25)28-29-24(30)33-15-23(32)27-19-12-16(2)11-17(3)13-19/h5-13H,4,14-15H2,1-3H3,(H,26,31)(H,27,32)/b10-9+. The predicted octanol–water partition coefficient (Wildman–Crippen LogP) is 4.63. The number of rotatable bonds is 9. The molecule has 0 aliphatic carbocycles. The van der Waals surface area contributed by atoms with Crippen LogP contribution in [0.15, 0.2) is 53.7 Å². The van der Waals surface area contributed by atoms with Crippen LogP contribution in [0.5, 0.6) is 0 Å². The summed E-state index contributed by atoms with van der Waals surface area (Å²) in [7, 11) is 0. The Balaban J connectivity index is 1.54. The smallest absolute Gasteiger partial charge is 0.244 e. The number of amides is 2. The van der Waals surface area contributed by atoms with Crippen molar-refractivity contribution in [3.05, 3.63) is 76.1 Å². The maximum atomic E-state index is 12.4. The van der Waals surface area contributed by atoms with Crippen LogP contribution in [0.1, 0.15) is 29.4 Å². The van der Waals surface area contributed by atoms with E-state index in [4.69, 9.17) is 11.6 Å². The third kappa shape index (κ3) is 7.20. The molecule has 0 spiro atoms. The minimum Gasteiger partial charge on any atom is -0.345 e. The van der Waals surface area contributed by atoms with Gasteiger partial charge in [-0.05, 0) is 61.7 Å². The molecule has 0 bridgehead atoms. The number of aromatic nitrogens is 3. The summed E-state index contributed by atoms with van der Waals surface area (Å²) >= 11 is 7.41. The number of aryl methyl sites for hydroxylation is 2. The minimum atomic E-state index is -0.261. The highest BCUT2D eigenvalue weighted by molar-refractivity contribution is 7.99. The molecule has 172 valence electrons. The maximum Gasteiger partial charge on any atom is 0.244 e. The molecule has 0 fully saturated rings. The molecule has 1 heterocycles. The summed E-state index contributed by atoms with van der Waals surface area (Å²) in [5.74, 6) is 0.449. The van der Waals surface area contributed by atoms with Crippen molar-refractivity contribution in [1.82, 2.24) is 20.1 Å². The quantitative estimate of drug-likeness (QED) is 0.342. The summed E-state index contributed by atoms with van der Waals surface area (Å²) in [6.07, 6.45) is 3.10. The first-order valence-corrected chi connectivity index (χ1v) is 11.9. The topological polar surface area (TPSA) is 88.9 Å². The largest absolute Gasteiger partial charge is 0.345 e. The van der Waals surface area contributed by atoms with Crippen molar-refractivity contribution in [1.29, 1.82) is 0 Å². The van der Waals surface area contributed by atoms with Crippen LogP contribution in [-0.4, -0.2) is 32.3 Å². The first-order chi connectivity index (χ1) is 15.9. The van der Waals surface area contributed by atoms with Crippen LogP contribution in [0, 0.1) is 13.8 Å². The van der Waals surface area contributed by atoms with E-state index in [2.05, 4.69) is 26.9 Å². The van der Waals surface area contributed by atoms with E-state index in [1.807, 2.05) is 55.7 Å². The van der Waals surface area contributed by atoms with Crippen LogP contribution in [0.2, 0.25) is 5.02 Å². The van der Waals surface area contributed by atoms with Crippen molar-refractivity contribution in [2.45, 2.75) is 39.0 Å². The fourth-order valence-electron chi connectivity index (χ4n) is 3.25. The molecule has 2 amide bonds. The highest BCUT2D eigenvalue weighted by Gasteiger charge is 2.14. The van der Waals surface area contributed by atoms with Gasteiger partial charge in [0.25, 0.3) is 0 Å². The van der Waals surface area contributed by atoms with Crippen molar-refractivity contribution >= 4 is 46.9 Å². The summed E-state index contributed by atoms with van der Waals surface area (Å²) in [6, 6.07) is 13.2. The van der Waals surface area contributed by atoms with Gasteiger partial charge in [-0.15, -0.1) is 10.2 Å². The Labute approximate surface area is 202 Å². The lowest BCUT2D eigenvalue weighted by Gasteiger charge is -2.09. The summed E-state index contributed by atoms with van der Waals surface area (Å²) < 4.78 is 1.88. The van der Waals surface area contributed by atoms with E-state index >= 15 is 0 Å². The Hall–Kier alpha value is -3.10. The van der Waals surface area contributed by atoms with Crippen LogP contribution in [0.25, 0.3) is 6.08 Å². The monoisotopic (exact) mass is 483 g/mol. The zero-order chi connectivity index (χ0) is 23.8. The van der Waals surface area contributed by atoms with Gasteiger partial charge in [0.2, 0.25) is 11.8 Å². The van der Waals surface area contributed by atoms with Crippen LogP contribution in [0.3, 0.4) is 0 Å². The van der Waals surface area contributed by atoms with Gasteiger partial charge in [0, 0.05) is 23.3 Å². The molecule has 1 aromatic heterocycles. The first kappa shape index (κ1) is 24.5. The van der Waals surface area contributed by atoms with E-state index < -0.39 is 0 Å². The highest BCUT2D eigenvalue weighted by Crippen LogP contribution is 2.19. The number of nitrogens with zero attached hydrogens (tertiary/aromatic N) is 3. The van der Waals surface area contributed by atoms with E-state index in [0.29, 0.717) is 22.5 Å². The van der Waals surface area contributed by atoms with Crippen LogP contribution >= 0.6 is 23.4 Å². The molecule has 0 radical (unpaired) electrons. The van der Waals surface area contributed by atoms with Crippen LogP contribution in [-0.2, 0) is 22.7 Å². The van der Waals surface area contributed by atoms with Gasteiger partial charge in [0.15, 0.2) is 11.0 Å². The number of halogens is 1. The third-order valence-electron chi connectivity index (χ3n) is 4.69. The number of nitrogens with one attached hydrogen (secondary N) is 2. The predicted molar refractivity (Wildman–Crippen MR) is 133 cm³/mol. The fraction of sp³-hybridized carbons (Fsp3) is 0.250. The number of carbonyl (C=O) groups excluding carboxylic acids is 2. The third-order valence-corrected chi connectivity index (χ3v) is 6.00. The molecule has 0 unspecified atom stereocenters. The van der Waals surface area contributed by atoms with Crippen LogP contribution < -0.4 is 10.6 Å². The lowest BCUT2D eigenvalue weighted by molar-refractivity contribution is -0.116. The Morgan fingerprint density at radius 3 is 2.55 bits per heavy atom. The lowest BCUT2D eigenvalue weighted by Crippen LogP contribution is -2.22. The number of benzene rings is 2. The molecule has 0 aliphatic heterocycles. The zero-order valence-corrected chi connectivity index (χ0v) is 20.3. The average molecular weight is 484 g/mol. The molecular weight excluding hydrogens is 458 g/mol. The Morgan fingerprint density at radius 1 is 1.12 bits per heavy atom. The summed E-state index contributed by atoms with van der Waals surface area (Å²) in [5, 5.41) is 15.3. The van der Waals surface area contributed by atoms with Gasteiger partial charge in [-0.3, -0.25) is 9.59 Å². The molecular formula is C24H26ClN5O2S. The van der Waals surface area contributed by atoms with Gasteiger partial charge >= 0.3 is 0 Å².